The number of benzene rings is 3. The summed E-state index contributed by atoms with van der Waals surface area (Å²) in [5.41, 5.74) is 3.93. The van der Waals surface area contributed by atoms with Crippen LogP contribution in [0, 0.1) is 46.3 Å². The highest BCUT2D eigenvalue weighted by atomic mass is 32.2. The molecule has 0 radical (unpaired) electrons. The fourth-order valence-electron chi connectivity index (χ4n) is 8.15. The summed E-state index contributed by atoms with van der Waals surface area (Å²) in [6, 6.07) is 20.2. The second-order valence-corrected chi connectivity index (χ2v) is 19.4. The van der Waals surface area contributed by atoms with E-state index in [1.165, 1.54) is 23.5 Å². The summed E-state index contributed by atoms with van der Waals surface area (Å²) in [6.07, 6.45) is 17.0. The third-order valence-electron chi connectivity index (χ3n) is 11.6. The highest BCUT2D eigenvalue weighted by Crippen LogP contribution is 2.45. The van der Waals surface area contributed by atoms with Gasteiger partial charge in [0, 0.05) is 60.9 Å². The lowest BCUT2D eigenvalue weighted by Crippen LogP contribution is -2.26. The number of thioether (sulfide) groups is 2. The van der Waals surface area contributed by atoms with Crippen molar-refractivity contribution >= 4 is 67.5 Å². The Morgan fingerprint density at radius 1 is 0.470 bits per heavy atom. The molecule has 0 saturated carbocycles. The fraction of sp³-hybridized carbons (Fsp3) is 0.464. The smallest absolute Gasteiger partial charge is 0.214 e. The Balaban J connectivity index is 1.87. The summed E-state index contributed by atoms with van der Waals surface area (Å²) in [7, 11) is 0. The molecule has 346 valence electrons. The lowest BCUT2D eigenvalue weighted by molar-refractivity contribution is -0.109. The third kappa shape index (κ3) is 14.2. The van der Waals surface area contributed by atoms with Crippen LogP contribution in [0.2, 0.25) is 0 Å². The molecule has 0 aliphatic heterocycles. The number of hydrogen-bond donors (Lipinski definition) is 0. The monoisotopic (exact) mass is 922 g/mol. The van der Waals surface area contributed by atoms with Gasteiger partial charge in [-0.25, -0.2) is 0 Å². The number of fused-ring (bicyclic) bond motifs is 2. The predicted octanol–water partition coefficient (Wildman–Crippen LogP) is 14.9. The summed E-state index contributed by atoms with van der Waals surface area (Å²) in [5.74, 6) is 14.6. The first-order valence-corrected chi connectivity index (χ1v) is 25.8. The first-order valence-electron chi connectivity index (χ1n) is 24.2. The number of carbonyl (C=O) groups is 2. The van der Waals surface area contributed by atoms with Gasteiger partial charge >= 0.3 is 0 Å². The Morgan fingerprint density at radius 3 is 1.06 bits per heavy atom. The zero-order valence-corrected chi connectivity index (χ0v) is 41.6. The van der Waals surface area contributed by atoms with E-state index < -0.39 is 0 Å². The molecule has 66 heavy (non-hydrogen) atoms. The SMILES string of the molecule is CCCCCCN(CCCCCC)c1oc2c(C#Cc3ccc(SC(C)=O)cc3)c3c(C#N)c(N(CCCCCC)CCCCCC)oc3c(C#Cc3ccc(SC(C)=O)cc3)c2c1C#N. The first-order chi connectivity index (χ1) is 32.2. The van der Waals surface area contributed by atoms with Crippen molar-refractivity contribution in [2.24, 2.45) is 0 Å². The first kappa shape index (κ1) is 51.5. The average Bonchev–Trinajstić information content (AvgIpc) is 3.89. The van der Waals surface area contributed by atoms with Crippen molar-refractivity contribution in [1.82, 2.24) is 0 Å². The van der Waals surface area contributed by atoms with E-state index in [2.05, 4.69) is 73.3 Å². The number of anilines is 2. The molecule has 0 atom stereocenters. The summed E-state index contributed by atoms with van der Waals surface area (Å²) < 4.78 is 14.1. The van der Waals surface area contributed by atoms with E-state index in [0.29, 0.717) is 56.0 Å². The Bertz CT molecular complexity index is 2400. The molecular formula is C56H66N4O4S2. The van der Waals surface area contributed by atoms with Gasteiger partial charge in [0.05, 0.1) is 21.9 Å². The molecule has 8 nitrogen and oxygen atoms in total. The highest BCUT2D eigenvalue weighted by Gasteiger charge is 2.31. The highest BCUT2D eigenvalue weighted by molar-refractivity contribution is 8.13. The van der Waals surface area contributed by atoms with Gasteiger partial charge in [-0.15, -0.1) is 0 Å². The topological polar surface area (TPSA) is 114 Å². The minimum absolute atomic E-state index is 0.00191. The van der Waals surface area contributed by atoms with E-state index in [1.807, 2.05) is 48.5 Å². The van der Waals surface area contributed by atoms with Gasteiger partial charge in [-0.05, 0) is 74.2 Å². The Morgan fingerprint density at radius 2 is 0.788 bits per heavy atom. The quantitative estimate of drug-likeness (QED) is 0.0337. The van der Waals surface area contributed by atoms with Crippen LogP contribution in [0.4, 0.5) is 11.8 Å². The van der Waals surface area contributed by atoms with Gasteiger partial charge in [0.25, 0.3) is 0 Å². The molecule has 10 heteroatoms. The zero-order valence-electron chi connectivity index (χ0n) is 40.0. The maximum absolute atomic E-state index is 11.9. The predicted molar refractivity (Wildman–Crippen MR) is 274 cm³/mol. The van der Waals surface area contributed by atoms with Crippen LogP contribution in [-0.4, -0.2) is 36.4 Å². The van der Waals surface area contributed by atoms with Crippen molar-refractivity contribution < 1.29 is 18.4 Å². The van der Waals surface area contributed by atoms with E-state index in [0.717, 1.165) is 150 Å². The van der Waals surface area contributed by atoms with E-state index >= 15 is 0 Å². The Hall–Kier alpha value is -5.52. The van der Waals surface area contributed by atoms with Crippen molar-refractivity contribution in [2.45, 2.75) is 154 Å². The minimum Gasteiger partial charge on any atom is -0.438 e. The normalized spacial score (nSPS) is 10.8. The van der Waals surface area contributed by atoms with Crippen molar-refractivity contribution in [3.8, 4) is 35.8 Å². The van der Waals surface area contributed by atoms with Crippen LogP contribution in [0.5, 0.6) is 0 Å². The molecule has 5 aromatic rings. The molecule has 3 aromatic carbocycles. The molecule has 0 N–H and O–H groups in total. The molecular weight excluding hydrogens is 857 g/mol. The maximum atomic E-state index is 11.9. The summed E-state index contributed by atoms with van der Waals surface area (Å²) in [6.45, 7) is 14.8. The van der Waals surface area contributed by atoms with Crippen molar-refractivity contribution in [2.75, 3.05) is 36.0 Å². The molecule has 0 aliphatic rings. The van der Waals surface area contributed by atoms with Crippen molar-refractivity contribution in [1.29, 1.82) is 10.5 Å². The van der Waals surface area contributed by atoms with Gasteiger partial charge in [0.15, 0.2) is 21.4 Å². The van der Waals surface area contributed by atoms with Gasteiger partial charge in [-0.1, -0.05) is 152 Å². The minimum atomic E-state index is 0.00191. The van der Waals surface area contributed by atoms with Crippen molar-refractivity contribution in [3.63, 3.8) is 0 Å². The molecule has 0 saturated heterocycles. The van der Waals surface area contributed by atoms with Gasteiger partial charge in [0.2, 0.25) is 11.8 Å². The van der Waals surface area contributed by atoms with Gasteiger partial charge in [-0.2, -0.15) is 10.5 Å². The fourth-order valence-corrected chi connectivity index (χ4v) is 9.36. The molecule has 0 fully saturated rings. The van der Waals surface area contributed by atoms with E-state index in [9.17, 15) is 20.1 Å². The van der Waals surface area contributed by atoms with Crippen LogP contribution < -0.4 is 9.80 Å². The number of rotatable bonds is 24. The number of furan rings is 2. The Kier molecular flexibility index (Phi) is 21.2. The molecule has 2 heterocycles. The van der Waals surface area contributed by atoms with E-state index in [-0.39, 0.29) is 10.2 Å². The summed E-state index contributed by atoms with van der Waals surface area (Å²) in [5, 5.41) is 23.5. The van der Waals surface area contributed by atoms with Crippen LogP contribution >= 0.6 is 23.5 Å². The van der Waals surface area contributed by atoms with Gasteiger partial charge < -0.3 is 18.6 Å². The van der Waals surface area contributed by atoms with E-state index in [4.69, 9.17) is 8.83 Å². The largest absolute Gasteiger partial charge is 0.438 e. The van der Waals surface area contributed by atoms with Crippen LogP contribution in [0.15, 0.2) is 67.2 Å². The second-order valence-electron chi connectivity index (χ2n) is 16.9. The molecule has 5 rings (SSSR count). The second kappa shape index (κ2) is 27.2. The molecule has 0 unspecified atom stereocenters. The van der Waals surface area contributed by atoms with Crippen LogP contribution in [0.1, 0.15) is 178 Å². The van der Waals surface area contributed by atoms with Gasteiger partial charge in [-0.3, -0.25) is 9.59 Å². The molecule has 0 bridgehead atoms. The van der Waals surface area contributed by atoms with Gasteiger partial charge in [0.1, 0.15) is 23.3 Å². The van der Waals surface area contributed by atoms with Crippen molar-refractivity contribution in [3.05, 3.63) is 81.9 Å². The Labute approximate surface area is 402 Å². The number of nitriles is 2. The van der Waals surface area contributed by atoms with E-state index in [1.54, 1.807) is 13.8 Å². The lowest BCUT2D eigenvalue weighted by atomic mass is 9.96. The average molecular weight is 923 g/mol. The number of nitrogens with zero attached hydrogens (tertiary/aromatic N) is 4. The molecule has 0 spiro atoms. The molecule has 0 aliphatic carbocycles. The lowest BCUT2D eigenvalue weighted by Gasteiger charge is -2.22. The number of hydrogen-bond acceptors (Lipinski definition) is 10. The molecule has 2 aromatic heterocycles. The standard InChI is InChI=1S/C56H66N4O4S2/c1-7-11-15-19-35-59(36-20-16-12-8-2)55-49(39-57)51-47(33-27-43-23-29-45(30-24-43)65-41(5)61)54-52(48(53(51)63-55)34-28-44-25-31-46(32-26-44)66-42(6)62)50(40-58)56(64-54)60(37-21-17-13-9-3)38-22-18-14-10-4/h23-26,29-32H,7-22,35-38H2,1-6H3. The maximum Gasteiger partial charge on any atom is 0.214 e. The van der Waals surface area contributed by atoms with Crippen LogP contribution in [-0.2, 0) is 9.59 Å². The number of unbranched alkanes of at least 4 members (excludes halogenated alkanes) is 12. The molecule has 0 amide bonds. The third-order valence-corrected chi connectivity index (χ3v) is 13.1. The zero-order chi connectivity index (χ0) is 47.3. The van der Waals surface area contributed by atoms with Crippen LogP contribution in [0.3, 0.4) is 0 Å². The van der Waals surface area contributed by atoms with Crippen LogP contribution in [0.25, 0.3) is 21.9 Å². The number of carbonyl (C=O) groups excluding carboxylic acids is 2. The summed E-state index contributed by atoms with van der Waals surface area (Å²) in [4.78, 5) is 29.8. The summed E-state index contributed by atoms with van der Waals surface area (Å²) >= 11 is 2.33.